The van der Waals surface area contributed by atoms with E-state index < -0.39 is 22.3 Å². The van der Waals surface area contributed by atoms with E-state index in [0.717, 1.165) is 25.7 Å². The monoisotopic (exact) mass is 742 g/mol. The third-order valence-corrected chi connectivity index (χ3v) is 7.97. The number of carboxylic acid groups (broad SMARTS) is 2. The number of rotatable bonds is 32. The average molecular weight is 743 g/mol. The van der Waals surface area contributed by atoms with Gasteiger partial charge in [-0.15, -0.1) is 0 Å². The van der Waals surface area contributed by atoms with Gasteiger partial charge in [-0.1, -0.05) is 194 Å². The van der Waals surface area contributed by atoms with E-state index in [2.05, 4.69) is 13.8 Å². The zero-order chi connectivity index (χ0) is 34.3. The van der Waals surface area contributed by atoms with Gasteiger partial charge in [-0.3, -0.25) is 8.42 Å². The molecule has 0 unspecified atom stereocenters. The number of aliphatic carboxylic acids is 2. The van der Waals surface area contributed by atoms with Crippen LogP contribution >= 0.6 is 0 Å². The molecule has 8 nitrogen and oxygen atoms in total. The molecule has 0 spiro atoms. The number of carbonyl (C=O) groups excluding carboxylic acids is 2. The third-order valence-electron chi connectivity index (χ3n) is 7.97. The smallest absolute Gasteiger partial charge is 0.759 e. The molecule has 0 rings (SSSR count). The van der Waals surface area contributed by atoms with Crippen LogP contribution in [0.3, 0.4) is 0 Å². The molecule has 0 amide bonds. The molecule has 11 heteroatoms. The maximum absolute atomic E-state index is 10.2. The summed E-state index contributed by atoms with van der Waals surface area (Å²) in [5.41, 5.74) is 0. The fraction of sp³-hybridized carbons (Fsp3) is 0.944. The number of hydrogen-bond acceptors (Lipinski definition) is 8. The van der Waals surface area contributed by atoms with E-state index in [-0.39, 0.29) is 88.3 Å². The fourth-order valence-corrected chi connectivity index (χ4v) is 5.28. The average Bonchev–Trinajstić information content (AvgIpc) is 2.96. The quantitative estimate of drug-likeness (QED) is 0.0291. The van der Waals surface area contributed by atoms with Crippen LogP contribution < -0.4 is 10.2 Å². The molecule has 0 heterocycles. The summed E-state index contributed by atoms with van der Waals surface area (Å²) in [5.74, 6) is -1.81. The topological polar surface area (TPSA) is 161 Å². The maximum Gasteiger partial charge on any atom is 2.00 e. The Morgan fingerprint density at radius 1 is 0.362 bits per heavy atom. The van der Waals surface area contributed by atoms with Crippen LogP contribution in [0.4, 0.5) is 0 Å². The Morgan fingerprint density at radius 2 is 0.489 bits per heavy atom. The molecule has 0 fully saturated rings. The number of carboxylic acids is 2. The molecule has 0 aromatic rings. The molecule has 0 aromatic heterocycles. The summed E-state index contributed by atoms with van der Waals surface area (Å²) in [6, 6.07) is 0. The summed E-state index contributed by atoms with van der Waals surface area (Å²) < 4.78 is 34.1. The van der Waals surface area contributed by atoms with Crippen LogP contribution in [0.5, 0.6) is 0 Å². The minimum atomic E-state index is -5.17. The van der Waals surface area contributed by atoms with Crippen LogP contribution in [-0.4, -0.2) is 105 Å². The molecule has 0 N–H and O–H groups in total. The number of carbonyl (C=O) groups is 2. The largest absolute Gasteiger partial charge is 2.00 e. The van der Waals surface area contributed by atoms with Crippen LogP contribution in [0.25, 0.3) is 0 Å². The van der Waals surface area contributed by atoms with Gasteiger partial charge in [0.2, 0.25) is 0 Å². The van der Waals surface area contributed by atoms with Gasteiger partial charge in [0, 0.05) is 22.3 Å². The van der Waals surface area contributed by atoms with Crippen LogP contribution in [0, 0.1) is 0 Å². The van der Waals surface area contributed by atoms with Crippen molar-refractivity contribution in [1.29, 1.82) is 0 Å². The van der Waals surface area contributed by atoms with E-state index >= 15 is 0 Å². The Bertz CT molecular complexity index is 657. The second-order valence-corrected chi connectivity index (χ2v) is 13.4. The van der Waals surface area contributed by atoms with Crippen molar-refractivity contribution in [3.05, 3.63) is 0 Å². The zero-order valence-electron chi connectivity index (χ0n) is 30.7. The molecule has 0 atom stereocenters. The summed E-state index contributed by atoms with van der Waals surface area (Å²) in [6.45, 7) is 4.53. The van der Waals surface area contributed by atoms with Gasteiger partial charge in [-0.25, -0.2) is 0 Å². The number of unbranched alkanes of at least 4 members (excludes halogenated alkanes) is 28. The van der Waals surface area contributed by atoms with E-state index in [9.17, 15) is 19.8 Å². The van der Waals surface area contributed by atoms with Gasteiger partial charge < -0.3 is 28.9 Å². The van der Waals surface area contributed by atoms with Crippen LogP contribution in [0.1, 0.15) is 219 Å². The normalized spacial score (nSPS) is 10.5. The fourth-order valence-electron chi connectivity index (χ4n) is 5.28. The summed E-state index contributed by atoms with van der Waals surface area (Å²) >= 11 is 0. The van der Waals surface area contributed by atoms with E-state index in [4.69, 9.17) is 17.5 Å². The molecule has 0 radical (unpaired) electrons. The van der Waals surface area contributed by atoms with E-state index in [1.165, 1.54) is 167 Å². The summed E-state index contributed by atoms with van der Waals surface area (Å²) in [5, 5.41) is 20.4. The van der Waals surface area contributed by atoms with Gasteiger partial charge in [-0.05, 0) is 25.7 Å². The van der Waals surface area contributed by atoms with Crippen molar-refractivity contribution in [2.45, 2.75) is 219 Å². The Kier molecular flexibility index (Phi) is 60.7. The standard InChI is InChI=1S/2C18H36O2.2Ca.H2O4S/c2*1-2-3-4-5-6-7-8-9-10-11-12-13-14-15-16-17-18(19)20;;;1-5(2,3)4/h2*2-17H2,1H3,(H,19,20);;;(H2,1,2,3,4)/q;;2*+2;/p-4. The molecule has 272 valence electrons. The van der Waals surface area contributed by atoms with Crippen molar-refractivity contribution < 1.29 is 37.3 Å². The van der Waals surface area contributed by atoms with E-state index in [1.54, 1.807) is 0 Å². The molecule has 0 bridgehead atoms. The maximum atomic E-state index is 10.2. The second kappa shape index (κ2) is 49.4. The first-order valence-electron chi connectivity index (χ1n) is 18.6. The first kappa shape index (κ1) is 57.7. The summed E-state index contributed by atoms with van der Waals surface area (Å²) in [6.07, 6.45) is 39.7. The van der Waals surface area contributed by atoms with Crippen molar-refractivity contribution in [2.24, 2.45) is 0 Å². The molecule has 0 aliphatic heterocycles. The summed E-state index contributed by atoms with van der Waals surface area (Å²) in [7, 11) is -5.17. The Labute approximate surface area is 350 Å². The van der Waals surface area contributed by atoms with Gasteiger partial charge in [0.25, 0.3) is 0 Å². The Hall–Kier alpha value is 1.33. The van der Waals surface area contributed by atoms with Crippen LogP contribution in [-0.2, 0) is 20.0 Å². The minimum absolute atomic E-state index is 0. The SMILES string of the molecule is CCCCCCCCCCCCCCCCCC(=O)[O-].CCCCCCCCCCCCCCCCCC(=O)[O-].O=S(=O)([O-])[O-].[Ca+2].[Ca+2]. The van der Waals surface area contributed by atoms with Gasteiger partial charge in [0.15, 0.2) is 0 Å². The van der Waals surface area contributed by atoms with Crippen LogP contribution in [0.15, 0.2) is 0 Å². The van der Waals surface area contributed by atoms with Gasteiger partial charge in [0.1, 0.15) is 0 Å². The molecular formula is C36H70Ca2O8S. The van der Waals surface area contributed by atoms with Gasteiger partial charge in [-0.2, -0.15) is 0 Å². The third kappa shape index (κ3) is 77.9. The predicted molar refractivity (Wildman–Crippen MR) is 191 cm³/mol. The first-order chi connectivity index (χ1) is 21.5. The molecular weight excluding hydrogens is 673 g/mol. The van der Waals surface area contributed by atoms with E-state index in [1.807, 2.05) is 0 Å². The Balaban J connectivity index is -0.000000210. The molecule has 0 aliphatic rings. The second-order valence-electron chi connectivity index (χ2n) is 12.6. The van der Waals surface area contributed by atoms with E-state index in [0.29, 0.717) is 0 Å². The first-order valence-corrected chi connectivity index (χ1v) is 19.9. The van der Waals surface area contributed by atoms with Crippen molar-refractivity contribution in [3.63, 3.8) is 0 Å². The molecule has 0 aromatic carbocycles. The van der Waals surface area contributed by atoms with Gasteiger partial charge in [0.05, 0.1) is 0 Å². The Morgan fingerprint density at radius 3 is 0.617 bits per heavy atom. The van der Waals surface area contributed by atoms with Crippen molar-refractivity contribution in [3.8, 4) is 0 Å². The molecule has 0 saturated heterocycles. The predicted octanol–water partition coefficient (Wildman–Crippen LogP) is 7.90. The van der Waals surface area contributed by atoms with Crippen molar-refractivity contribution in [1.82, 2.24) is 0 Å². The minimum Gasteiger partial charge on any atom is -0.759 e. The van der Waals surface area contributed by atoms with Crippen molar-refractivity contribution >= 4 is 97.8 Å². The molecule has 47 heavy (non-hydrogen) atoms. The molecule has 0 aliphatic carbocycles. The summed E-state index contributed by atoms with van der Waals surface area (Å²) in [4.78, 5) is 20.4. The zero-order valence-corrected chi connectivity index (χ0v) is 35.9. The molecule has 0 saturated carbocycles. The van der Waals surface area contributed by atoms with Gasteiger partial charge >= 0.3 is 75.5 Å². The van der Waals surface area contributed by atoms with Crippen molar-refractivity contribution in [2.75, 3.05) is 0 Å². The number of hydrogen-bond donors (Lipinski definition) is 0. The van der Waals surface area contributed by atoms with Crippen LogP contribution in [0.2, 0.25) is 0 Å².